The number of pyridine rings is 1. The van der Waals surface area contributed by atoms with Gasteiger partial charge in [-0.2, -0.15) is 0 Å². The van der Waals surface area contributed by atoms with Crippen LogP contribution in [0, 0.1) is 0 Å². The molecule has 1 fully saturated rings. The summed E-state index contributed by atoms with van der Waals surface area (Å²) in [5, 5.41) is 2.82. The van der Waals surface area contributed by atoms with Crippen LogP contribution >= 0.6 is 0 Å². The molecule has 2 heterocycles. The first-order valence-corrected chi connectivity index (χ1v) is 8.91. The van der Waals surface area contributed by atoms with E-state index in [9.17, 15) is 9.59 Å². The van der Waals surface area contributed by atoms with Gasteiger partial charge < -0.3 is 19.7 Å². The van der Waals surface area contributed by atoms with Gasteiger partial charge in [0.25, 0.3) is 5.91 Å². The lowest BCUT2D eigenvalue weighted by Gasteiger charge is -2.16. The molecule has 0 bridgehead atoms. The molecule has 3 rings (SSSR count). The van der Waals surface area contributed by atoms with Gasteiger partial charge in [-0.1, -0.05) is 12.1 Å². The summed E-state index contributed by atoms with van der Waals surface area (Å²) in [6.45, 7) is 2.22. The smallest absolute Gasteiger partial charge is 0.255 e. The summed E-state index contributed by atoms with van der Waals surface area (Å²) < 4.78 is 10.3. The third kappa shape index (κ3) is 5.27. The topological polar surface area (TPSA) is 80.8 Å². The Labute approximate surface area is 158 Å². The maximum atomic E-state index is 12.5. The standard InChI is InChI=1S/C20H23N3O4/c1-26-10-11-27-18-8-7-17(13-21-18)22-20(25)16-5-2-4-15(12-16)14-23-9-3-6-19(23)24/h2,4-5,7-8,12-13H,3,6,9-11,14H2,1H3,(H,22,25). The van der Waals surface area contributed by atoms with Crippen LogP contribution in [0.4, 0.5) is 5.69 Å². The number of anilines is 1. The molecule has 1 aromatic carbocycles. The van der Waals surface area contributed by atoms with Crippen molar-refractivity contribution in [3.8, 4) is 5.88 Å². The van der Waals surface area contributed by atoms with Gasteiger partial charge in [-0.15, -0.1) is 0 Å². The minimum absolute atomic E-state index is 0.170. The summed E-state index contributed by atoms with van der Waals surface area (Å²) in [6.07, 6.45) is 3.06. The molecule has 0 atom stereocenters. The number of nitrogens with zero attached hydrogens (tertiary/aromatic N) is 2. The lowest BCUT2D eigenvalue weighted by molar-refractivity contribution is -0.128. The predicted molar refractivity (Wildman–Crippen MR) is 101 cm³/mol. The second kappa shape index (κ2) is 9.14. The molecule has 0 radical (unpaired) electrons. The number of hydrogen-bond acceptors (Lipinski definition) is 5. The molecule has 142 valence electrons. The van der Waals surface area contributed by atoms with E-state index in [1.807, 2.05) is 23.1 Å². The minimum atomic E-state index is -0.223. The van der Waals surface area contributed by atoms with Crippen molar-refractivity contribution in [2.75, 3.05) is 32.2 Å². The zero-order valence-electron chi connectivity index (χ0n) is 15.3. The van der Waals surface area contributed by atoms with Crippen LogP contribution in [0.15, 0.2) is 42.6 Å². The van der Waals surface area contributed by atoms with Crippen molar-refractivity contribution < 1.29 is 19.1 Å². The highest BCUT2D eigenvalue weighted by Crippen LogP contribution is 2.17. The van der Waals surface area contributed by atoms with E-state index in [2.05, 4.69) is 10.3 Å². The number of amides is 2. The molecule has 1 aliphatic heterocycles. The second-order valence-corrected chi connectivity index (χ2v) is 6.30. The number of aromatic nitrogens is 1. The molecular formula is C20H23N3O4. The Bertz CT molecular complexity index is 792. The summed E-state index contributed by atoms with van der Waals surface area (Å²) in [5.41, 5.74) is 2.07. The quantitative estimate of drug-likeness (QED) is 0.723. The first-order chi connectivity index (χ1) is 13.2. The zero-order chi connectivity index (χ0) is 19.1. The molecule has 0 aliphatic carbocycles. The van der Waals surface area contributed by atoms with Gasteiger partial charge in [0.1, 0.15) is 6.61 Å². The fourth-order valence-electron chi connectivity index (χ4n) is 2.87. The van der Waals surface area contributed by atoms with Gasteiger partial charge in [-0.3, -0.25) is 9.59 Å². The van der Waals surface area contributed by atoms with Crippen LogP contribution < -0.4 is 10.1 Å². The molecule has 2 amide bonds. The zero-order valence-corrected chi connectivity index (χ0v) is 15.3. The third-order valence-electron chi connectivity index (χ3n) is 4.27. The van der Waals surface area contributed by atoms with Crippen LogP contribution in [-0.2, 0) is 16.1 Å². The molecule has 7 heteroatoms. The molecule has 0 spiro atoms. The van der Waals surface area contributed by atoms with E-state index < -0.39 is 0 Å². The van der Waals surface area contributed by atoms with Gasteiger partial charge in [-0.05, 0) is 30.2 Å². The summed E-state index contributed by atoms with van der Waals surface area (Å²) in [7, 11) is 1.60. The highest BCUT2D eigenvalue weighted by atomic mass is 16.5. The van der Waals surface area contributed by atoms with Crippen molar-refractivity contribution in [2.45, 2.75) is 19.4 Å². The molecule has 1 saturated heterocycles. The number of carbonyl (C=O) groups excluding carboxylic acids is 2. The Hall–Kier alpha value is -2.93. The first kappa shape index (κ1) is 18.8. The SMILES string of the molecule is COCCOc1ccc(NC(=O)c2cccc(CN3CCCC3=O)c2)cn1. The average Bonchev–Trinajstić information content (AvgIpc) is 3.08. The number of nitrogens with one attached hydrogen (secondary N) is 1. The Morgan fingerprint density at radius 3 is 2.85 bits per heavy atom. The average molecular weight is 369 g/mol. The van der Waals surface area contributed by atoms with Gasteiger partial charge in [0.15, 0.2) is 0 Å². The van der Waals surface area contributed by atoms with E-state index in [0.717, 1.165) is 18.5 Å². The van der Waals surface area contributed by atoms with Gasteiger partial charge >= 0.3 is 0 Å². The molecule has 0 unspecified atom stereocenters. The lowest BCUT2D eigenvalue weighted by Crippen LogP contribution is -2.24. The van der Waals surface area contributed by atoms with Gasteiger partial charge in [-0.25, -0.2) is 4.98 Å². The number of carbonyl (C=O) groups is 2. The molecule has 0 saturated carbocycles. The molecular weight excluding hydrogens is 346 g/mol. The number of hydrogen-bond donors (Lipinski definition) is 1. The van der Waals surface area contributed by atoms with Gasteiger partial charge in [0.05, 0.1) is 18.5 Å². The van der Waals surface area contributed by atoms with Crippen molar-refractivity contribution >= 4 is 17.5 Å². The van der Waals surface area contributed by atoms with Crippen LogP contribution in [0.2, 0.25) is 0 Å². The van der Waals surface area contributed by atoms with E-state index >= 15 is 0 Å². The summed E-state index contributed by atoms with van der Waals surface area (Å²) in [5.74, 6) is 0.422. The Morgan fingerprint density at radius 2 is 2.15 bits per heavy atom. The molecule has 1 N–H and O–H groups in total. The number of methoxy groups -OCH3 is 1. The van der Waals surface area contributed by atoms with Crippen LogP contribution in [0.25, 0.3) is 0 Å². The highest BCUT2D eigenvalue weighted by molar-refractivity contribution is 6.04. The number of ether oxygens (including phenoxy) is 2. The minimum Gasteiger partial charge on any atom is -0.475 e. The molecule has 1 aromatic heterocycles. The monoisotopic (exact) mass is 369 g/mol. The van der Waals surface area contributed by atoms with Crippen LogP contribution in [-0.4, -0.2) is 48.6 Å². The lowest BCUT2D eigenvalue weighted by atomic mass is 10.1. The summed E-state index contributed by atoms with van der Waals surface area (Å²) in [4.78, 5) is 30.2. The molecule has 1 aliphatic rings. The van der Waals surface area contributed by atoms with Crippen molar-refractivity contribution in [3.05, 3.63) is 53.7 Å². The number of likely N-dealkylation sites (tertiary alicyclic amines) is 1. The Morgan fingerprint density at radius 1 is 1.26 bits per heavy atom. The highest BCUT2D eigenvalue weighted by Gasteiger charge is 2.20. The largest absolute Gasteiger partial charge is 0.475 e. The predicted octanol–water partition coefficient (Wildman–Crippen LogP) is 2.48. The number of rotatable bonds is 8. The Kier molecular flexibility index (Phi) is 6.38. The van der Waals surface area contributed by atoms with E-state index in [0.29, 0.717) is 43.3 Å². The van der Waals surface area contributed by atoms with E-state index in [4.69, 9.17) is 9.47 Å². The molecule has 2 aromatic rings. The third-order valence-corrected chi connectivity index (χ3v) is 4.27. The van der Waals surface area contributed by atoms with Crippen LogP contribution in [0.5, 0.6) is 5.88 Å². The summed E-state index contributed by atoms with van der Waals surface area (Å²) in [6, 6.07) is 10.8. The fraction of sp³-hybridized carbons (Fsp3) is 0.350. The van der Waals surface area contributed by atoms with Crippen LogP contribution in [0.3, 0.4) is 0 Å². The second-order valence-electron chi connectivity index (χ2n) is 6.30. The maximum Gasteiger partial charge on any atom is 0.255 e. The van der Waals surface area contributed by atoms with Crippen molar-refractivity contribution in [1.82, 2.24) is 9.88 Å². The van der Waals surface area contributed by atoms with Gasteiger partial charge in [0, 0.05) is 38.2 Å². The van der Waals surface area contributed by atoms with Crippen molar-refractivity contribution in [1.29, 1.82) is 0 Å². The van der Waals surface area contributed by atoms with E-state index in [1.165, 1.54) is 0 Å². The van der Waals surface area contributed by atoms with E-state index in [-0.39, 0.29) is 11.8 Å². The Balaban J connectivity index is 1.59. The normalized spacial score (nSPS) is 13.7. The first-order valence-electron chi connectivity index (χ1n) is 8.91. The number of benzene rings is 1. The van der Waals surface area contributed by atoms with Crippen LogP contribution in [0.1, 0.15) is 28.8 Å². The fourth-order valence-corrected chi connectivity index (χ4v) is 2.87. The maximum absolute atomic E-state index is 12.5. The molecule has 7 nitrogen and oxygen atoms in total. The molecule has 27 heavy (non-hydrogen) atoms. The van der Waals surface area contributed by atoms with Gasteiger partial charge in [0.2, 0.25) is 11.8 Å². The van der Waals surface area contributed by atoms with Crippen molar-refractivity contribution in [2.24, 2.45) is 0 Å². The summed E-state index contributed by atoms with van der Waals surface area (Å²) >= 11 is 0. The van der Waals surface area contributed by atoms with E-state index in [1.54, 1.807) is 31.5 Å². The van der Waals surface area contributed by atoms with Crippen molar-refractivity contribution in [3.63, 3.8) is 0 Å².